The first-order valence-electron chi connectivity index (χ1n) is 6.73. The van der Waals surface area contributed by atoms with Crippen LogP contribution in [0.3, 0.4) is 0 Å². The van der Waals surface area contributed by atoms with Crippen LogP contribution in [0.5, 0.6) is 0 Å². The van der Waals surface area contributed by atoms with Crippen LogP contribution < -0.4 is 0 Å². The number of benzene rings is 1. The minimum Gasteiger partial charge on any atom is -0.444 e. The number of carbonyl (C=O) groups excluding carboxylic acids is 1. The van der Waals surface area contributed by atoms with E-state index in [4.69, 9.17) is 16.3 Å². The number of aryl methyl sites for hydroxylation is 1. The summed E-state index contributed by atoms with van der Waals surface area (Å²) in [5.41, 5.74) is 1.18. The van der Waals surface area contributed by atoms with Gasteiger partial charge in [0.05, 0.1) is 22.8 Å². The fraction of sp³-hybridized carbons (Fsp3) is 0.467. The molecule has 21 heavy (non-hydrogen) atoms. The van der Waals surface area contributed by atoms with Crippen molar-refractivity contribution in [1.82, 2.24) is 14.7 Å². The molecule has 5 nitrogen and oxygen atoms in total. The number of hydrogen-bond acceptors (Lipinski definition) is 3. The third-order valence-corrected chi connectivity index (χ3v) is 3.31. The van der Waals surface area contributed by atoms with E-state index in [2.05, 4.69) is 5.10 Å². The zero-order valence-corrected chi connectivity index (χ0v) is 13.7. The van der Waals surface area contributed by atoms with Crippen molar-refractivity contribution in [3.8, 4) is 0 Å². The third-order valence-electron chi connectivity index (χ3n) is 2.99. The predicted molar refractivity (Wildman–Crippen MR) is 83.4 cm³/mol. The van der Waals surface area contributed by atoms with Gasteiger partial charge in [-0.2, -0.15) is 5.10 Å². The molecule has 0 unspecified atom stereocenters. The van der Waals surface area contributed by atoms with Crippen LogP contribution in [0, 0.1) is 0 Å². The largest absolute Gasteiger partial charge is 0.444 e. The van der Waals surface area contributed by atoms with E-state index in [0.29, 0.717) is 11.6 Å². The summed E-state index contributed by atoms with van der Waals surface area (Å²) in [7, 11) is 3.54. The van der Waals surface area contributed by atoms with Crippen LogP contribution in [0.15, 0.2) is 18.2 Å². The van der Waals surface area contributed by atoms with Crippen molar-refractivity contribution in [2.45, 2.75) is 32.9 Å². The summed E-state index contributed by atoms with van der Waals surface area (Å²) in [6, 6.07) is 5.65. The summed E-state index contributed by atoms with van der Waals surface area (Å²) in [5, 5.41) is 5.96. The highest BCUT2D eigenvalue weighted by atomic mass is 35.5. The first kappa shape index (κ1) is 15.6. The molecule has 0 aliphatic rings. The minimum absolute atomic E-state index is 0.343. The second-order valence-electron chi connectivity index (χ2n) is 6.04. The van der Waals surface area contributed by atoms with Crippen LogP contribution in [0.1, 0.15) is 26.5 Å². The van der Waals surface area contributed by atoms with Gasteiger partial charge in [0, 0.05) is 19.5 Å². The fourth-order valence-electron chi connectivity index (χ4n) is 2.09. The Bertz CT molecular complexity index is 673. The van der Waals surface area contributed by atoms with Crippen molar-refractivity contribution < 1.29 is 9.53 Å². The van der Waals surface area contributed by atoms with Crippen molar-refractivity contribution in [3.63, 3.8) is 0 Å². The molecule has 0 aliphatic carbocycles. The van der Waals surface area contributed by atoms with Gasteiger partial charge in [0.15, 0.2) is 0 Å². The molecule has 1 heterocycles. The molecule has 0 saturated carbocycles. The molecule has 0 atom stereocenters. The van der Waals surface area contributed by atoms with E-state index in [1.807, 2.05) is 46.0 Å². The maximum Gasteiger partial charge on any atom is 0.410 e. The van der Waals surface area contributed by atoms with Crippen LogP contribution in [0.4, 0.5) is 4.79 Å². The Kier molecular flexibility index (Phi) is 4.14. The van der Waals surface area contributed by atoms with E-state index in [0.717, 1.165) is 16.6 Å². The van der Waals surface area contributed by atoms with E-state index < -0.39 is 5.60 Å². The molecule has 1 amide bonds. The first-order valence-corrected chi connectivity index (χ1v) is 7.11. The zero-order chi connectivity index (χ0) is 15.8. The second kappa shape index (κ2) is 5.56. The second-order valence-corrected chi connectivity index (χ2v) is 6.45. The monoisotopic (exact) mass is 309 g/mol. The van der Waals surface area contributed by atoms with Crippen LogP contribution in [0.25, 0.3) is 10.9 Å². The molecule has 0 spiro atoms. The van der Waals surface area contributed by atoms with Gasteiger partial charge in [-0.3, -0.25) is 4.68 Å². The molecule has 1 aromatic carbocycles. The van der Waals surface area contributed by atoms with Gasteiger partial charge in [-0.1, -0.05) is 17.7 Å². The van der Waals surface area contributed by atoms with Crippen LogP contribution >= 0.6 is 11.6 Å². The van der Waals surface area contributed by atoms with Gasteiger partial charge in [0.25, 0.3) is 0 Å². The molecule has 6 heteroatoms. The first-order chi connectivity index (χ1) is 9.69. The molecule has 0 radical (unpaired) electrons. The van der Waals surface area contributed by atoms with Gasteiger partial charge < -0.3 is 9.64 Å². The lowest BCUT2D eigenvalue weighted by atomic mass is 10.2. The zero-order valence-electron chi connectivity index (χ0n) is 13.0. The molecule has 0 N–H and O–H groups in total. The van der Waals surface area contributed by atoms with E-state index in [9.17, 15) is 4.79 Å². The quantitative estimate of drug-likeness (QED) is 0.851. The third kappa shape index (κ3) is 3.47. The average Bonchev–Trinajstić information content (AvgIpc) is 2.65. The maximum atomic E-state index is 12.0. The lowest BCUT2D eigenvalue weighted by Gasteiger charge is -2.24. The van der Waals surface area contributed by atoms with Crippen molar-refractivity contribution in [2.75, 3.05) is 7.05 Å². The number of aromatic nitrogens is 2. The number of amides is 1. The van der Waals surface area contributed by atoms with Gasteiger partial charge in [-0.05, 0) is 32.9 Å². The molecular weight excluding hydrogens is 290 g/mol. The summed E-state index contributed by atoms with van der Waals surface area (Å²) in [5.74, 6) is 0. The molecule has 0 saturated heterocycles. The number of fused-ring (bicyclic) bond motifs is 1. The average molecular weight is 310 g/mol. The van der Waals surface area contributed by atoms with Gasteiger partial charge in [-0.15, -0.1) is 0 Å². The predicted octanol–water partition coefficient (Wildman–Crippen LogP) is 3.59. The Labute approximate surface area is 129 Å². The van der Waals surface area contributed by atoms with Crippen LogP contribution in [0.2, 0.25) is 5.02 Å². The van der Waals surface area contributed by atoms with Gasteiger partial charge in [-0.25, -0.2) is 4.79 Å². The molecule has 2 aromatic rings. The molecule has 0 fully saturated rings. The molecule has 114 valence electrons. The lowest BCUT2D eigenvalue weighted by molar-refractivity contribution is 0.0283. The van der Waals surface area contributed by atoms with Gasteiger partial charge in [0.1, 0.15) is 5.60 Å². The number of halogens is 1. The highest BCUT2D eigenvalue weighted by Crippen LogP contribution is 2.27. The van der Waals surface area contributed by atoms with Crippen molar-refractivity contribution in [1.29, 1.82) is 0 Å². The highest BCUT2D eigenvalue weighted by Gasteiger charge is 2.21. The summed E-state index contributed by atoms with van der Waals surface area (Å²) >= 11 is 6.26. The Hall–Kier alpha value is -1.75. The maximum absolute atomic E-state index is 12.0. The van der Waals surface area contributed by atoms with Crippen LogP contribution in [-0.2, 0) is 18.3 Å². The molecule has 2 rings (SSSR count). The normalized spacial score (nSPS) is 11.7. The molecule has 0 aliphatic heterocycles. The van der Waals surface area contributed by atoms with Gasteiger partial charge >= 0.3 is 6.09 Å². The van der Waals surface area contributed by atoms with E-state index in [1.54, 1.807) is 11.7 Å². The Morgan fingerprint density at radius 2 is 2.10 bits per heavy atom. The SMILES string of the molecule is CN(Cc1nn(C)c2cccc(Cl)c12)C(=O)OC(C)(C)C. The number of hydrogen-bond donors (Lipinski definition) is 0. The molecule has 0 bridgehead atoms. The number of ether oxygens (including phenoxy) is 1. The Balaban J connectivity index is 2.26. The molecule has 1 aromatic heterocycles. The summed E-state index contributed by atoms with van der Waals surface area (Å²) < 4.78 is 7.10. The smallest absolute Gasteiger partial charge is 0.410 e. The van der Waals surface area contributed by atoms with E-state index in [-0.39, 0.29) is 6.09 Å². The number of carbonyl (C=O) groups is 1. The summed E-state index contributed by atoms with van der Waals surface area (Å²) in [4.78, 5) is 13.5. The van der Waals surface area contributed by atoms with E-state index in [1.165, 1.54) is 4.90 Å². The van der Waals surface area contributed by atoms with Crippen molar-refractivity contribution >= 4 is 28.6 Å². The van der Waals surface area contributed by atoms with E-state index >= 15 is 0 Å². The van der Waals surface area contributed by atoms with Crippen molar-refractivity contribution in [3.05, 3.63) is 28.9 Å². The summed E-state index contributed by atoms with van der Waals surface area (Å²) in [6.45, 7) is 5.86. The fourth-order valence-corrected chi connectivity index (χ4v) is 2.37. The number of rotatable bonds is 2. The Morgan fingerprint density at radius 1 is 1.43 bits per heavy atom. The minimum atomic E-state index is -0.519. The Morgan fingerprint density at radius 3 is 2.71 bits per heavy atom. The topological polar surface area (TPSA) is 47.4 Å². The standard InChI is InChI=1S/C15H20ClN3O2/c1-15(2,3)21-14(20)18(4)9-11-13-10(16)7-6-8-12(13)19(5)17-11/h6-8H,9H2,1-5H3. The molecular formula is C15H20ClN3O2. The number of nitrogens with zero attached hydrogens (tertiary/aromatic N) is 3. The van der Waals surface area contributed by atoms with Crippen LogP contribution in [-0.4, -0.2) is 33.4 Å². The lowest BCUT2D eigenvalue weighted by Crippen LogP contribution is -2.34. The summed E-state index contributed by atoms with van der Waals surface area (Å²) in [6.07, 6.45) is -0.381. The van der Waals surface area contributed by atoms with Crippen molar-refractivity contribution in [2.24, 2.45) is 7.05 Å². The van der Waals surface area contributed by atoms with Gasteiger partial charge in [0.2, 0.25) is 0 Å². The highest BCUT2D eigenvalue weighted by molar-refractivity contribution is 6.35.